The van der Waals surface area contributed by atoms with Crippen LogP contribution in [0.3, 0.4) is 0 Å². The predicted molar refractivity (Wildman–Crippen MR) is 170 cm³/mol. The van der Waals surface area contributed by atoms with Crippen molar-refractivity contribution in [2.24, 2.45) is 5.92 Å². The molecule has 2 atom stereocenters. The van der Waals surface area contributed by atoms with E-state index in [-0.39, 0.29) is 36.7 Å². The molecule has 3 aromatic carbocycles. The van der Waals surface area contributed by atoms with E-state index in [1.807, 2.05) is 62.4 Å². The highest BCUT2D eigenvalue weighted by Gasteiger charge is 2.31. The summed E-state index contributed by atoms with van der Waals surface area (Å²) in [5.41, 5.74) is 8.70. The lowest BCUT2D eigenvalue weighted by atomic mass is 9.94. The molecule has 0 aliphatic heterocycles. The first-order chi connectivity index (χ1) is 21.0. The van der Waals surface area contributed by atoms with Gasteiger partial charge in [-0.05, 0) is 71.8 Å². The molecule has 0 fully saturated rings. The molecule has 0 saturated carbocycles. The third-order valence-corrected chi connectivity index (χ3v) is 9.05. The van der Waals surface area contributed by atoms with E-state index in [0.717, 1.165) is 16.7 Å². The number of aliphatic hydroxyl groups is 1. The predicted octanol–water partition coefficient (Wildman–Crippen LogP) is 3.73. The van der Waals surface area contributed by atoms with Crippen LogP contribution in [0.2, 0.25) is 0 Å². The van der Waals surface area contributed by atoms with Crippen molar-refractivity contribution < 1.29 is 33.0 Å². The maximum Gasteiger partial charge on any atom is 0.405 e. The summed E-state index contributed by atoms with van der Waals surface area (Å²) in [6, 6.07) is 19.0. The number of nitrogens with one attached hydrogen (secondary N) is 2. The van der Waals surface area contributed by atoms with Crippen LogP contribution in [0.1, 0.15) is 32.3 Å². The van der Waals surface area contributed by atoms with Gasteiger partial charge in [0, 0.05) is 31.2 Å². The van der Waals surface area contributed by atoms with E-state index in [9.17, 15) is 28.2 Å². The van der Waals surface area contributed by atoms with Gasteiger partial charge in [-0.3, -0.25) is 4.79 Å². The number of rotatable bonds is 16. The Labute approximate surface area is 259 Å². The smallest absolute Gasteiger partial charge is 0.405 e. The van der Waals surface area contributed by atoms with Gasteiger partial charge in [-0.15, -0.1) is 0 Å². The fourth-order valence-electron chi connectivity index (χ4n) is 4.91. The number of hydrogen-bond acceptors (Lipinski definition) is 7. The van der Waals surface area contributed by atoms with Crippen LogP contribution in [-0.4, -0.2) is 73.8 Å². The number of methoxy groups -OCH3 is 1. The van der Waals surface area contributed by atoms with Gasteiger partial charge in [0.1, 0.15) is 11.8 Å². The van der Waals surface area contributed by atoms with Gasteiger partial charge in [-0.25, -0.2) is 13.2 Å². The average Bonchev–Trinajstić information content (AvgIpc) is 3.00. The van der Waals surface area contributed by atoms with Crippen molar-refractivity contribution in [1.29, 1.82) is 0 Å². The number of sulfonamides is 1. The molecule has 44 heavy (non-hydrogen) atoms. The number of benzene rings is 3. The molecule has 0 saturated heterocycles. The van der Waals surface area contributed by atoms with Crippen molar-refractivity contribution in [3.8, 4) is 16.9 Å². The Morgan fingerprint density at radius 2 is 1.66 bits per heavy atom. The van der Waals surface area contributed by atoms with Crippen LogP contribution in [0, 0.1) is 5.92 Å². The lowest BCUT2D eigenvalue weighted by Crippen LogP contribution is -2.48. The molecule has 6 N–H and O–H groups in total. The summed E-state index contributed by atoms with van der Waals surface area (Å²) in [5, 5.41) is 24.7. The number of carboxylic acid groups (broad SMARTS) is 1. The van der Waals surface area contributed by atoms with E-state index >= 15 is 0 Å². The Bertz CT molecular complexity index is 1480. The van der Waals surface area contributed by atoms with E-state index in [4.69, 9.17) is 10.5 Å². The second-order valence-corrected chi connectivity index (χ2v) is 12.8. The number of nitrogens with two attached hydrogens (primary N) is 1. The van der Waals surface area contributed by atoms with Gasteiger partial charge in [0.15, 0.2) is 0 Å². The molecular formula is C32H42N4O7S. The second-order valence-electron chi connectivity index (χ2n) is 10.9. The molecule has 2 amide bonds. The number of nitrogens with zero attached hydrogens (tertiary/aromatic N) is 1. The van der Waals surface area contributed by atoms with E-state index < -0.39 is 40.7 Å². The molecule has 0 spiro atoms. The summed E-state index contributed by atoms with van der Waals surface area (Å²) < 4.78 is 33.5. The highest BCUT2D eigenvalue weighted by molar-refractivity contribution is 7.89. The Morgan fingerprint density at radius 1 is 1.00 bits per heavy atom. The summed E-state index contributed by atoms with van der Waals surface area (Å²) in [6.07, 6.45) is -0.591. The Morgan fingerprint density at radius 3 is 2.25 bits per heavy atom. The number of nitrogen functional groups attached to an aromatic ring is 1. The highest BCUT2D eigenvalue weighted by atomic mass is 32.2. The summed E-state index contributed by atoms with van der Waals surface area (Å²) >= 11 is 0. The molecule has 0 heterocycles. The van der Waals surface area contributed by atoms with Gasteiger partial charge in [-0.1, -0.05) is 50.2 Å². The monoisotopic (exact) mass is 626 g/mol. The van der Waals surface area contributed by atoms with Gasteiger partial charge < -0.3 is 31.3 Å². The SMILES string of the molecule is COc1ccc(-c2ccccc2CC(NC(=O)O)C(=O)NCCCC(CO)N(CC(C)C)S(=O)(=O)c2ccc(N)cc2)cc1. The molecule has 0 bridgehead atoms. The van der Waals surface area contributed by atoms with Crippen molar-refractivity contribution in [3.63, 3.8) is 0 Å². The summed E-state index contributed by atoms with van der Waals surface area (Å²) in [4.78, 5) is 24.8. The topological polar surface area (TPSA) is 171 Å². The minimum atomic E-state index is -3.92. The first kappa shape index (κ1) is 34.4. The van der Waals surface area contributed by atoms with Crippen LogP contribution in [0.5, 0.6) is 5.75 Å². The average molecular weight is 627 g/mol. The quantitative estimate of drug-likeness (QED) is 0.118. The number of hydrogen-bond donors (Lipinski definition) is 5. The molecule has 0 aliphatic rings. The van der Waals surface area contributed by atoms with Gasteiger partial charge in [0.05, 0.1) is 18.6 Å². The second kappa shape index (κ2) is 16.1. The summed E-state index contributed by atoms with van der Waals surface area (Å²) in [7, 11) is -2.34. The zero-order chi connectivity index (χ0) is 32.3. The molecule has 0 aliphatic carbocycles. The van der Waals surface area contributed by atoms with Crippen molar-refractivity contribution in [2.45, 2.75) is 50.1 Å². The van der Waals surface area contributed by atoms with Crippen molar-refractivity contribution in [1.82, 2.24) is 14.9 Å². The number of carbonyl (C=O) groups is 2. The molecule has 3 rings (SSSR count). The zero-order valence-electron chi connectivity index (χ0n) is 25.3. The Balaban J connectivity index is 1.69. The van der Waals surface area contributed by atoms with E-state index in [1.165, 1.54) is 28.6 Å². The number of ether oxygens (including phenoxy) is 1. The summed E-state index contributed by atoms with van der Waals surface area (Å²) in [5.74, 6) is 0.191. The minimum absolute atomic E-state index is 0.00375. The van der Waals surface area contributed by atoms with Crippen LogP contribution < -0.4 is 21.1 Å². The summed E-state index contributed by atoms with van der Waals surface area (Å²) in [6.45, 7) is 3.73. The number of aliphatic hydroxyl groups excluding tert-OH is 1. The Hall–Kier alpha value is -4.13. The first-order valence-corrected chi connectivity index (χ1v) is 15.9. The number of carbonyl (C=O) groups excluding carboxylic acids is 1. The van der Waals surface area contributed by atoms with Crippen molar-refractivity contribution in [2.75, 3.05) is 32.5 Å². The highest BCUT2D eigenvalue weighted by Crippen LogP contribution is 2.27. The standard InChI is InChI=1S/C32H42N4O7S/c1-22(2)20-36(44(41,42)28-16-12-25(33)13-17-28)26(21-37)8-6-18-34-31(38)30(35-32(39)40)19-24-7-4-5-9-29(24)23-10-14-27(43-3)15-11-23/h4-5,7,9-17,22,26,30,35,37H,6,8,18-21,33H2,1-3H3,(H,34,38)(H,39,40). The van der Waals surface area contributed by atoms with Crippen LogP contribution in [0.15, 0.2) is 77.7 Å². The number of amides is 2. The molecular weight excluding hydrogens is 584 g/mol. The normalized spacial score (nSPS) is 13.0. The molecule has 238 valence electrons. The Kier molecular flexibility index (Phi) is 12.6. The van der Waals surface area contributed by atoms with Crippen LogP contribution >= 0.6 is 0 Å². The molecule has 2 unspecified atom stereocenters. The molecule has 3 aromatic rings. The van der Waals surface area contributed by atoms with Gasteiger partial charge in [0.2, 0.25) is 15.9 Å². The van der Waals surface area contributed by atoms with Gasteiger partial charge >= 0.3 is 6.09 Å². The van der Waals surface area contributed by atoms with E-state index in [1.54, 1.807) is 7.11 Å². The van der Waals surface area contributed by atoms with Crippen LogP contribution in [0.4, 0.5) is 10.5 Å². The maximum atomic E-state index is 13.5. The molecule has 0 radical (unpaired) electrons. The largest absolute Gasteiger partial charge is 0.497 e. The van der Waals surface area contributed by atoms with Gasteiger partial charge in [-0.2, -0.15) is 4.31 Å². The van der Waals surface area contributed by atoms with E-state index in [0.29, 0.717) is 17.9 Å². The fourth-order valence-corrected chi connectivity index (χ4v) is 6.72. The minimum Gasteiger partial charge on any atom is -0.497 e. The lowest BCUT2D eigenvalue weighted by molar-refractivity contribution is -0.123. The van der Waals surface area contributed by atoms with Crippen LogP contribution in [-0.2, 0) is 21.2 Å². The zero-order valence-corrected chi connectivity index (χ0v) is 26.1. The first-order valence-electron chi connectivity index (χ1n) is 14.4. The van der Waals surface area contributed by atoms with E-state index in [2.05, 4.69) is 10.6 Å². The third-order valence-electron chi connectivity index (χ3n) is 7.12. The number of anilines is 1. The fraction of sp³-hybridized carbons (Fsp3) is 0.375. The van der Waals surface area contributed by atoms with Crippen molar-refractivity contribution >= 4 is 27.7 Å². The molecule has 11 nitrogen and oxygen atoms in total. The van der Waals surface area contributed by atoms with Crippen LogP contribution in [0.25, 0.3) is 11.1 Å². The molecule has 0 aromatic heterocycles. The third kappa shape index (κ3) is 9.43. The maximum absolute atomic E-state index is 13.5. The lowest BCUT2D eigenvalue weighted by Gasteiger charge is -2.31. The van der Waals surface area contributed by atoms with Crippen molar-refractivity contribution in [3.05, 3.63) is 78.4 Å². The molecule has 12 heteroatoms. The van der Waals surface area contributed by atoms with Gasteiger partial charge in [0.25, 0.3) is 0 Å².